The van der Waals surface area contributed by atoms with Crippen LogP contribution in [-0.4, -0.2) is 12.2 Å². The number of phenols is 1. The summed E-state index contributed by atoms with van der Waals surface area (Å²) in [6, 6.07) is 13.1. The zero-order valence-corrected chi connectivity index (χ0v) is 10.8. The predicted molar refractivity (Wildman–Crippen MR) is 76.1 cm³/mol. The fourth-order valence-electron chi connectivity index (χ4n) is 2.12. The van der Waals surface area contributed by atoms with Gasteiger partial charge in [0.1, 0.15) is 22.8 Å². The number of aromatic hydroxyl groups is 1. The van der Waals surface area contributed by atoms with Gasteiger partial charge in [0.2, 0.25) is 0 Å². The standard InChI is InChI=1S/C16H12O4/c1-19-14-5-3-2-4-12(14)16-9-13(18)11-7-6-10(17)8-15(11)20-16/h2-9,17H,1H3. The average Bonchev–Trinajstić information content (AvgIpc) is 2.46. The minimum atomic E-state index is -0.160. The highest BCUT2D eigenvalue weighted by atomic mass is 16.5. The number of fused-ring (bicyclic) bond motifs is 1. The summed E-state index contributed by atoms with van der Waals surface area (Å²) in [6.45, 7) is 0. The molecule has 20 heavy (non-hydrogen) atoms. The first kappa shape index (κ1) is 12.3. The molecule has 0 aliphatic rings. The quantitative estimate of drug-likeness (QED) is 0.775. The van der Waals surface area contributed by atoms with Crippen molar-refractivity contribution in [3.8, 4) is 22.8 Å². The molecule has 0 atom stereocenters. The summed E-state index contributed by atoms with van der Waals surface area (Å²) in [5.74, 6) is 1.08. The lowest BCUT2D eigenvalue weighted by Gasteiger charge is -2.08. The van der Waals surface area contributed by atoms with Gasteiger partial charge in [-0.2, -0.15) is 0 Å². The molecule has 0 aliphatic heterocycles. The molecule has 0 saturated carbocycles. The lowest BCUT2D eigenvalue weighted by Crippen LogP contribution is -2.00. The van der Waals surface area contributed by atoms with E-state index in [0.29, 0.717) is 28.0 Å². The number of phenolic OH excluding ortho intramolecular Hbond substituents is 1. The van der Waals surface area contributed by atoms with E-state index in [4.69, 9.17) is 9.15 Å². The van der Waals surface area contributed by atoms with Gasteiger partial charge in [-0.25, -0.2) is 0 Å². The molecule has 3 rings (SSSR count). The Morgan fingerprint density at radius 3 is 2.70 bits per heavy atom. The molecule has 0 radical (unpaired) electrons. The van der Waals surface area contributed by atoms with Crippen LogP contribution >= 0.6 is 0 Å². The van der Waals surface area contributed by atoms with Crippen LogP contribution < -0.4 is 10.2 Å². The lowest BCUT2D eigenvalue weighted by molar-refractivity contribution is 0.415. The van der Waals surface area contributed by atoms with Crippen LogP contribution in [0.5, 0.6) is 11.5 Å². The molecule has 2 aromatic carbocycles. The van der Waals surface area contributed by atoms with E-state index >= 15 is 0 Å². The Labute approximate surface area is 114 Å². The third-order valence-electron chi connectivity index (χ3n) is 3.09. The van der Waals surface area contributed by atoms with E-state index < -0.39 is 0 Å². The number of para-hydroxylation sites is 1. The topological polar surface area (TPSA) is 59.7 Å². The first-order valence-electron chi connectivity index (χ1n) is 6.09. The SMILES string of the molecule is COc1ccccc1-c1cc(=O)c2ccc(O)cc2o1. The Balaban J connectivity index is 2.29. The number of methoxy groups -OCH3 is 1. The fourth-order valence-corrected chi connectivity index (χ4v) is 2.12. The highest BCUT2D eigenvalue weighted by molar-refractivity contribution is 5.80. The van der Waals surface area contributed by atoms with Crippen LogP contribution in [0.15, 0.2) is 57.7 Å². The number of hydrogen-bond donors (Lipinski definition) is 1. The number of hydrogen-bond acceptors (Lipinski definition) is 4. The van der Waals surface area contributed by atoms with Crippen LogP contribution in [-0.2, 0) is 0 Å². The molecule has 0 fully saturated rings. The van der Waals surface area contributed by atoms with E-state index in [2.05, 4.69) is 0 Å². The number of benzene rings is 2. The van der Waals surface area contributed by atoms with Gasteiger partial charge in [-0.15, -0.1) is 0 Å². The Kier molecular flexibility index (Phi) is 2.91. The van der Waals surface area contributed by atoms with E-state index in [9.17, 15) is 9.90 Å². The van der Waals surface area contributed by atoms with Crippen molar-refractivity contribution in [2.75, 3.05) is 7.11 Å². The molecule has 1 heterocycles. The number of ether oxygens (including phenoxy) is 1. The van der Waals surface area contributed by atoms with Gasteiger partial charge < -0.3 is 14.3 Å². The summed E-state index contributed by atoms with van der Waals surface area (Å²) in [4.78, 5) is 12.1. The molecular weight excluding hydrogens is 256 g/mol. The summed E-state index contributed by atoms with van der Waals surface area (Å²) in [5.41, 5.74) is 0.878. The molecule has 1 aromatic heterocycles. The number of rotatable bonds is 2. The first-order valence-corrected chi connectivity index (χ1v) is 6.09. The van der Waals surface area contributed by atoms with Crippen molar-refractivity contribution in [3.63, 3.8) is 0 Å². The van der Waals surface area contributed by atoms with Crippen LogP contribution in [0.1, 0.15) is 0 Å². The van der Waals surface area contributed by atoms with Gasteiger partial charge in [-0.1, -0.05) is 12.1 Å². The summed E-state index contributed by atoms with van der Waals surface area (Å²) >= 11 is 0. The zero-order chi connectivity index (χ0) is 14.1. The van der Waals surface area contributed by atoms with Crippen molar-refractivity contribution in [2.24, 2.45) is 0 Å². The van der Waals surface area contributed by atoms with Gasteiger partial charge in [-0.3, -0.25) is 4.79 Å². The highest BCUT2D eigenvalue weighted by Crippen LogP contribution is 2.31. The lowest BCUT2D eigenvalue weighted by atomic mass is 10.1. The molecule has 1 N–H and O–H groups in total. The van der Waals surface area contributed by atoms with Crippen LogP contribution in [0, 0.1) is 0 Å². The summed E-state index contributed by atoms with van der Waals surface area (Å²) in [6.07, 6.45) is 0. The van der Waals surface area contributed by atoms with E-state index in [-0.39, 0.29) is 11.2 Å². The summed E-state index contributed by atoms with van der Waals surface area (Å²) in [5, 5.41) is 9.93. The highest BCUT2D eigenvalue weighted by Gasteiger charge is 2.11. The first-order chi connectivity index (χ1) is 9.69. The molecule has 0 bridgehead atoms. The molecule has 0 saturated heterocycles. The van der Waals surface area contributed by atoms with Crippen LogP contribution in [0.25, 0.3) is 22.3 Å². The predicted octanol–water partition coefficient (Wildman–Crippen LogP) is 3.17. The third-order valence-corrected chi connectivity index (χ3v) is 3.09. The van der Waals surface area contributed by atoms with E-state index in [1.165, 1.54) is 18.2 Å². The monoisotopic (exact) mass is 268 g/mol. The average molecular weight is 268 g/mol. The summed E-state index contributed by atoms with van der Waals surface area (Å²) in [7, 11) is 1.56. The fraction of sp³-hybridized carbons (Fsp3) is 0.0625. The molecule has 0 amide bonds. The van der Waals surface area contributed by atoms with Crippen molar-refractivity contribution in [2.45, 2.75) is 0 Å². The van der Waals surface area contributed by atoms with E-state index in [1.54, 1.807) is 19.2 Å². The molecule has 0 unspecified atom stereocenters. The molecule has 0 spiro atoms. The van der Waals surface area contributed by atoms with Gasteiger partial charge in [0.15, 0.2) is 5.43 Å². The molecule has 3 aromatic rings. The maximum atomic E-state index is 12.1. The van der Waals surface area contributed by atoms with Gasteiger partial charge in [0, 0.05) is 12.1 Å². The smallest absolute Gasteiger partial charge is 0.193 e. The molecule has 0 aliphatic carbocycles. The van der Waals surface area contributed by atoms with Crippen molar-refractivity contribution < 1.29 is 14.3 Å². The third kappa shape index (κ3) is 2.01. The van der Waals surface area contributed by atoms with Crippen LogP contribution in [0.2, 0.25) is 0 Å². The maximum Gasteiger partial charge on any atom is 0.193 e. The normalized spacial score (nSPS) is 10.7. The molecule has 4 nitrogen and oxygen atoms in total. The van der Waals surface area contributed by atoms with Crippen molar-refractivity contribution in [3.05, 3.63) is 58.8 Å². The van der Waals surface area contributed by atoms with Crippen LogP contribution in [0.4, 0.5) is 0 Å². The van der Waals surface area contributed by atoms with Gasteiger partial charge in [0.05, 0.1) is 18.1 Å². The van der Waals surface area contributed by atoms with Crippen molar-refractivity contribution in [1.82, 2.24) is 0 Å². The Morgan fingerprint density at radius 1 is 1.10 bits per heavy atom. The Hall–Kier alpha value is -2.75. The second-order valence-corrected chi connectivity index (χ2v) is 4.36. The maximum absolute atomic E-state index is 12.1. The molecule has 100 valence electrons. The van der Waals surface area contributed by atoms with Crippen molar-refractivity contribution >= 4 is 11.0 Å². The van der Waals surface area contributed by atoms with Gasteiger partial charge in [-0.05, 0) is 24.3 Å². The minimum Gasteiger partial charge on any atom is -0.508 e. The second kappa shape index (κ2) is 4.74. The van der Waals surface area contributed by atoms with E-state index in [1.807, 2.05) is 18.2 Å². The van der Waals surface area contributed by atoms with E-state index in [0.717, 1.165) is 0 Å². The second-order valence-electron chi connectivity index (χ2n) is 4.36. The van der Waals surface area contributed by atoms with Crippen molar-refractivity contribution in [1.29, 1.82) is 0 Å². The molecular formula is C16H12O4. The Morgan fingerprint density at radius 2 is 1.90 bits per heavy atom. The zero-order valence-electron chi connectivity index (χ0n) is 10.8. The molecule has 4 heteroatoms. The largest absolute Gasteiger partial charge is 0.508 e. The van der Waals surface area contributed by atoms with Gasteiger partial charge >= 0.3 is 0 Å². The summed E-state index contributed by atoms with van der Waals surface area (Å²) < 4.78 is 11.0. The Bertz CT molecular complexity index is 833. The minimum absolute atomic E-state index is 0.0535. The van der Waals surface area contributed by atoms with Crippen LogP contribution in [0.3, 0.4) is 0 Å². The van der Waals surface area contributed by atoms with Gasteiger partial charge in [0.25, 0.3) is 0 Å².